The predicted molar refractivity (Wildman–Crippen MR) is 73.4 cm³/mol. The van der Waals surface area contributed by atoms with E-state index in [4.69, 9.17) is 10.5 Å². The van der Waals surface area contributed by atoms with E-state index in [1.165, 1.54) is 0 Å². The lowest BCUT2D eigenvalue weighted by Gasteiger charge is -2.32. The number of hydrogen-bond donors (Lipinski definition) is 1. The van der Waals surface area contributed by atoms with Crippen LogP contribution in [-0.4, -0.2) is 43.0 Å². The van der Waals surface area contributed by atoms with Gasteiger partial charge in [-0.25, -0.2) is 0 Å². The summed E-state index contributed by atoms with van der Waals surface area (Å²) in [5.74, 6) is 0.0308. The average Bonchev–Trinajstić information content (AvgIpc) is 2.44. The van der Waals surface area contributed by atoms with Crippen molar-refractivity contribution in [2.45, 2.75) is 39.5 Å². The summed E-state index contributed by atoms with van der Waals surface area (Å²) < 4.78 is 5.04. The highest BCUT2D eigenvalue weighted by Crippen LogP contribution is 2.20. The number of nitrogens with two attached hydrogens (primary N) is 1. The van der Waals surface area contributed by atoms with Crippen LogP contribution in [0.3, 0.4) is 0 Å². The van der Waals surface area contributed by atoms with E-state index in [0.717, 1.165) is 25.8 Å². The zero-order valence-electron chi connectivity index (χ0n) is 12.1. The molecule has 2 N–H and O–H groups in total. The van der Waals surface area contributed by atoms with Gasteiger partial charge in [-0.05, 0) is 32.2 Å². The van der Waals surface area contributed by atoms with E-state index in [9.17, 15) is 9.59 Å². The van der Waals surface area contributed by atoms with Gasteiger partial charge in [0.25, 0.3) is 0 Å². The van der Waals surface area contributed by atoms with Gasteiger partial charge < -0.3 is 15.4 Å². The van der Waals surface area contributed by atoms with Crippen LogP contribution in [0.25, 0.3) is 0 Å². The molecule has 0 aromatic rings. The second kappa shape index (κ2) is 8.15. The Balaban J connectivity index is 2.49. The third-order valence-electron chi connectivity index (χ3n) is 3.77. The van der Waals surface area contributed by atoms with Gasteiger partial charge in [0, 0.05) is 19.5 Å². The number of amides is 1. The van der Waals surface area contributed by atoms with E-state index in [1.807, 2.05) is 6.92 Å². The number of carbonyl (C=O) groups excluding carboxylic acids is 2. The average molecular weight is 270 g/mol. The van der Waals surface area contributed by atoms with Crippen molar-refractivity contribution in [3.8, 4) is 0 Å². The predicted octanol–water partition coefficient (Wildman–Crippen LogP) is 1.16. The number of nitrogens with zero attached hydrogens (tertiary/aromatic N) is 1. The third-order valence-corrected chi connectivity index (χ3v) is 3.77. The molecule has 1 amide bonds. The first-order valence-electron chi connectivity index (χ1n) is 7.26. The summed E-state index contributed by atoms with van der Waals surface area (Å²) in [5, 5.41) is 0. The van der Waals surface area contributed by atoms with Crippen molar-refractivity contribution < 1.29 is 14.3 Å². The molecule has 19 heavy (non-hydrogen) atoms. The minimum absolute atomic E-state index is 0.117. The van der Waals surface area contributed by atoms with Crippen LogP contribution in [0, 0.1) is 11.8 Å². The Labute approximate surface area is 115 Å². The normalized spacial score (nSPS) is 21.0. The lowest BCUT2D eigenvalue weighted by Crippen LogP contribution is -2.43. The molecule has 1 fully saturated rings. The first kappa shape index (κ1) is 16.0. The number of likely N-dealkylation sites (tertiary alicyclic amines) is 1. The molecule has 0 radical (unpaired) electrons. The van der Waals surface area contributed by atoms with Gasteiger partial charge in [0.15, 0.2) is 0 Å². The molecule has 0 aromatic heterocycles. The SMILES string of the molecule is CCOC(=O)C1CCCN(C(=O)CC(CC)CN)C1. The van der Waals surface area contributed by atoms with E-state index in [1.54, 1.807) is 11.8 Å². The molecule has 1 heterocycles. The molecule has 2 unspecified atom stereocenters. The zero-order valence-corrected chi connectivity index (χ0v) is 12.1. The van der Waals surface area contributed by atoms with Crippen LogP contribution in [0.15, 0.2) is 0 Å². The van der Waals surface area contributed by atoms with Crippen molar-refractivity contribution in [3.05, 3.63) is 0 Å². The van der Waals surface area contributed by atoms with Gasteiger partial charge >= 0.3 is 5.97 Å². The molecule has 1 rings (SSSR count). The Kier molecular flexibility index (Phi) is 6.84. The maximum atomic E-state index is 12.2. The van der Waals surface area contributed by atoms with Crippen molar-refractivity contribution in [1.82, 2.24) is 4.90 Å². The van der Waals surface area contributed by atoms with Crippen LogP contribution in [0.1, 0.15) is 39.5 Å². The van der Waals surface area contributed by atoms with Crippen molar-refractivity contribution >= 4 is 11.9 Å². The van der Waals surface area contributed by atoms with E-state index in [2.05, 4.69) is 0 Å². The van der Waals surface area contributed by atoms with Gasteiger partial charge in [0.2, 0.25) is 5.91 Å². The highest BCUT2D eigenvalue weighted by atomic mass is 16.5. The molecule has 0 spiro atoms. The highest BCUT2D eigenvalue weighted by Gasteiger charge is 2.29. The molecule has 110 valence electrons. The Hall–Kier alpha value is -1.10. The Morgan fingerprint density at radius 1 is 1.42 bits per heavy atom. The van der Waals surface area contributed by atoms with Gasteiger partial charge in [-0.1, -0.05) is 13.3 Å². The minimum Gasteiger partial charge on any atom is -0.466 e. The first-order valence-corrected chi connectivity index (χ1v) is 7.26. The van der Waals surface area contributed by atoms with Gasteiger partial charge in [-0.2, -0.15) is 0 Å². The largest absolute Gasteiger partial charge is 0.466 e. The van der Waals surface area contributed by atoms with Crippen molar-refractivity contribution in [2.24, 2.45) is 17.6 Å². The van der Waals surface area contributed by atoms with Crippen LogP contribution >= 0.6 is 0 Å². The molecule has 0 aliphatic carbocycles. The van der Waals surface area contributed by atoms with Gasteiger partial charge in [0.1, 0.15) is 0 Å². The van der Waals surface area contributed by atoms with E-state index >= 15 is 0 Å². The number of piperidine rings is 1. The highest BCUT2D eigenvalue weighted by molar-refractivity contribution is 5.78. The van der Waals surface area contributed by atoms with Crippen LogP contribution in [0.4, 0.5) is 0 Å². The van der Waals surface area contributed by atoms with E-state index in [0.29, 0.717) is 26.1 Å². The van der Waals surface area contributed by atoms with Crippen molar-refractivity contribution in [2.75, 3.05) is 26.2 Å². The Bertz CT molecular complexity index is 303. The van der Waals surface area contributed by atoms with Crippen LogP contribution in [0.2, 0.25) is 0 Å². The standard InChI is InChI=1S/C14H26N2O3/c1-3-11(9-15)8-13(17)16-7-5-6-12(10-16)14(18)19-4-2/h11-12H,3-10,15H2,1-2H3. The van der Waals surface area contributed by atoms with Crippen LogP contribution in [-0.2, 0) is 14.3 Å². The van der Waals surface area contributed by atoms with Crippen LogP contribution < -0.4 is 5.73 Å². The van der Waals surface area contributed by atoms with Crippen LogP contribution in [0.5, 0.6) is 0 Å². The maximum Gasteiger partial charge on any atom is 0.310 e. The van der Waals surface area contributed by atoms with E-state index < -0.39 is 0 Å². The van der Waals surface area contributed by atoms with Crippen molar-refractivity contribution in [1.29, 1.82) is 0 Å². The number of esters is 1. The fourth-order valence-electron chi connectivity index (χ4n) is 2.43. The van der Waals surface area contributed by atoms with Gasteiger partial charge in [-0.15, -0.1) is 0 Å². The summed E-state index contributed by atoms with van der Waals surface area (Å²) in [6.45, 7) is 6.03. The summed E-state index contributed by atoms with van der Waals surface area (Å²) in [4.78, 5) is 25.7. The molecule has 0 aromatic carbocycles. The Morgan fingerprint density at radius 3 is 2.74 bits per heavy atom. The summed E-state index contributed by atoms with van der Waals surface area (Å²) >= 11 is 0. The zero-order chi connectivity index (χ0) is 14.3. The molecular formula is C14H26N2O3. The second-order valence-electron chi connectivity index (χ2n) is 5.15. The first-order chi connectivity index (χ1) is 9.12. The fourth-order valence-corrected chi connectivity index (χ4v) is 2.43. The van der Waals surface area contributed by atoms with Gasteiger partial charge in [0.05, 0.1) is 12.5 Å². The maximum absolute atomic E-state index is 12.2. The third kappa shape index (κ3) is 4.82. The summed E-state index contributed by atoms with van der Waals surface area (Å²) in [5.41, 5.74) is 5.63. The minimum atomic E-state index is -0.175. The molecule has 5 heteroatoms. The molecule has 1 saturated heterocycles. The molecule has 2 atom stereocenters. The molecule has 1 aliphatic rings. The number of rotatable bonds is 6. The number of hydrogen-bond acceptors (Lipinski definition) is 4. The van der Waals surface area contributed by atoms with Crippen molar-refractivity contribution in [3.63, 3.8) is 0 Å². The summed E-state index contributed by atoms with van der Waals surface area (Å²) in [7, 11) is 0. The molecule has 1 aliphatic heterocycles. The monoisotopic (exact) mass is 270 g/mol. The smallest absolute Gasteiger partial charge is 0.310 e. The molecule has 0 saturated carbocycles. The van der Waals surface area contributed by atoms with E-state index in [-0.39, 0.29) is 23.7 Å². The Morgan fingerprint density at radius 2 is 2.16 bits per heavy atom. The topological polar surface area (TPSA) is 72.6 Å². The number of ether oxygens (including phenoxy) is 1. The summed E-state index contributed by atoms with van der Waals surface area (Å²) in [6.07, 6.45) is 3.09. The van der Waals surface area contributed by atoms with Gasteiger partial charge in [-0.3, -0.25) is 9.59 Å². The lowest BCUT2D eigenvalue weighted by atomic mass is 9.96. The molecule has 5 nitrogen and oxygen atoms in total. The molecular weight excluding hydrogens is 244 g/mol. The lowest BCUT2D eigenvalue weighted by molar-refractivity contribution is -0.151. The summed E-state index contributed by atoms with van der Waals surface area (Å²) in [6, 6.07) is 0. The quantitative estimate of drug-likeness (QED) is 0.735. The second-order valence-corrected chi connectivity index (χ2v) is 5.15. The number of carbonyl (C=O) groups is 2. The fraction of sp³-hybridized carbons (Fsp3) is 0.857. The molecule has 0 bridgehead atoms.